The van der Waals surface area contributed by atoms with Crippen LogP contribution >= 0.6 is 0 Å². The molecule has 16 heteroatoms. The van der Waals surface area contributed by atoms with Gasteiger partial charge in [0.1, 0.15) is 28.2 Å². The number of halogens is 3. The Bertz CT molecular complexity index is 1820. The van der Waals surface area contributed by atoms with E-state index in [0.717, 1.165) is 6.07 Å². The molecule has 47 heavy (non-hydrogen) atoms. The largest absolute Gasteiger partial charge is 0.444 e. The highest BCUT2D eigenvalue weighted by atomic mass is 19.4. The van der Waals surface area contributed by atoms with Gasteiger partial charge in [0.05, 0.1) is 29.7 Å². The number of aliphatic hydroxyl groups is 1. The van der Waals surface area contributed by atoms with Crippen molar-refractivity contribution in [1.82, 2.24) is 39.2 Å². The Morgan fingerprint density at radius 1 is 0.936 bits per heavy atom. The summed E-state index contributed by atoms with van der Waals surface area (Å²) in [6.45, 7) is 6.97. The standard InChI is InChI=1S/C31H34F3N9O4/c1-29(2,3)47-28(45)41-15-13-40(14-16-41)27(44)42-12-10-30(46,18-42)22-8-6-19(17-37-22)43-25(20-5-4-11-36-24(20)35)38-21-7-9-23(31(32,33)34)39-26(21)43/h4-9,11,17,46H,10,12-16,18H2,1-3H3,(H2,35,36). The number of rotatable bonds is 3. The second-order valence-electron chi connectivity index (χ2n) is 12.6. The summed E-state index contributed by atoms with van der Waals surface area (Å²) >= 11 is 0. The lowest BCUT2D eigenvalue weighted by atomic mass is 9.98. The molecule has 4 aromatic heterocycles. The quantitative estimate of drug-likeness (QED) is 0.333. The van der Waals surface area contributed by atoms with Crippen LogP contribution in [0, 0.1) is 0 Å². The lowest BCUT2D eigenvalue weighted by Gasteiger charge is -2.37. The van der Waals surface area contributed by atoms with Crippen LogP contribution in [0.3, 0.4) is 0 Å². The summed E-state index contributed by atoms with van der Waals surface area (Å²) in [5.74, 6) is 0.344. The molecule has 6 rings (SSSR count). The smallest absolute Gasteiger partial charge is 0.433 e. The van der Waals surface area contributed by atoms with Gasteiger partial charge in [-0.25, -0.2) is 24.5 Å². The molecule has 1 unspecified atom stereocenters. The summed E-state index contributed by atoms with van der Waals surface area (Å²) < 4.78 is 47.7. The average molecular weight is 654 g/mol. The van der Waals surface area contributed by atoms with Crippen LogP contribution in [-0.2, 0) is 16.5 Å². The molecule has 3 N–H and O–H groups in total. The van der Waals surface area contributed by atoms with E-state index < -0.39 is 29.2 Å². The minimum Gasteiger partial charge on any atom is -0.444 e. The predicted molar refractivity (Wildman–Crippen MR) is 164 cm³/mol. The van der Waals surface area contributed by atoms with Crippen molar-refractivity contribution in [3.8, 4) is 17.1 Å². The number of anilines is 1. The molecule has 2 fully saturated rings. The van der Waals surface area contributed by atoms with Crippen LogP contribution in [0.1, 0.15) is 38.6 Å². The third-order valence-corrected chi connectivity index (χ3v) is 8.08. The molecule has 2 aliphatic heterocycles. The van der Waals surface area contributed by atoms with Crippen molar-refractivity contribution >= 4 is 29.1 Å². The normalized spacial score (nSPS) is 19.0. The number of imidazole rings is 1. The molecule has 0 saturated carbocycles. The molecule has 0 aliphatic carbocycles. The maximum absolute atomic E-state index is 13.6. The van der Waals surface area contributed by atoms with Crippen molar-refractivity contribution in [2.24, 2.45) is 0 Å². The third kappa shape index (κ3) is 6.37. The molecule has 13 nitrogen and oxygen atoms in total. The highest BCUT2D eigenvalue weighted by Gasteiger charge is 2.42. The number of nitrogen functional groups attached to an aromatic ring is 1. The number of β-amino-alcohol motifs (C(OH)–C–C–N with tert-alkyl or cyclic N) is 1. The monoisotopic (exact) mass is 653 g/mol. The first-order valence-corrected chi connectivity index (χ1v) is 15.0. The number of carbonyl (C=O) groups excluding carboxylic acids is 2. The molecule has 2 saturated heterocycles. The molecule has 0 bridgehead atoms. The summed E-state index contributed by atoms with van der Waals surface area (Å²) in [5, 5.41) is 11.6. The fraction of sp³-hybridized carbons (Fsp3) is 0.419. The summed E-state index contributed by atoms with van der Waals surface area (Å²) in [4.78, 5) is 47.5. The van der Waals surface area contributed by atoms with Crippen LogP contribution < -0.4 is 5.73 Å². The summed E-state index contributed by atoms with van der Waals surface area (Å²) in [7, 11) is 0. The first kappa shape index (κ1) is 32.0. The van der Waals surface area contributed by atoms with Gasteiger partial charge < -0.3 is 30.3 Å². The number of aromatic nitrogens is 5. The molecule has 0 aromatic carbocycles. The number of piperazine rings is 1. The average Bonchev–Trinajstić information content (AvgIpc) is 3.61. The zero-order chi connectivity index (χ0) is 33.7. The summed E-state index contributed by atoms with van der Waals surface area (Å²) in [6, 6.07) is 8.30. The first-order chi connectivity index (χ1) is 22.1. The minimum atomic E-state index is -4.68. The number of amides is 3. The van der Waals surface area contributed by atoms with E-state index >= 15 is 0 Å². The SMILES string of the molecule is CC(C)(C)OC(=O)N1CCN(C(=O)N2CCC(O)(c3ccc(-n4c(-c5cccnc5N)nc5ccc(C(F)(F)F)nc54)cn3)C2)CC1. The van der Waals surface area contributed by atoms with Crippen molar-refractivity contribution in [3.05, 3.63) is 60.2 Å². The van der Waals surface area contributed by atoms with Crippen LogP contribution in [0.5, 0.6) is 0 Å². The Balaban J connectivity index is 1.22. The van der Waals surface area contributed by atoms with Crippen molar-refractivity contribution < 1.29 is 32.6 Å². The number of nitrogens with zero attached hydrogens (tertiary/aromatic N) is 8. The second-order valence-corrected chi connectivity index (χ2v) is 12.6. The number of fused-ring (bicyclic) bond motifs is 1. The van der Waals surface area contributed by atoms with Gasteiger partial charge in [0.25, 0.3) is 0 Å². The van der Waals surface area contributed by atoms with Gasteiger partial charge in [-0.15, -0.1) is 0 Å². The molecule has 1 atom stereocenters. The molecule has 3 amide bonds. The van der Waals surface area contributed by atoms with Gasteiger partial charge in [-0.05, 0) is 57.2 Å². The Hall–Kier alpha value is -4.99. The van der Waals surface area contributed by atoms with Crippen molar-refractivity contribution in [3.63, 3.8) is 0 Å². The number of likely N-dealkylation sites (tertiary alicyclic amines) is 1. The molecule has 2 aliphatic rings. The Kier molecular flexibility index (Phi) is 7.94. The lowest BCUT2D eigenvalue weighted by molar-refractivity contribution is -0.141. The molecular formula is C31H34F3N9O4. The molecule has 6 heterocycles. The van der Waals surface area contributed by atoms with E-state index in [1.165, 1.54) is 23.0 Å². The number of ether oxygens (including phenoxy) is 1. The van der Waals surface area contributed by atoms with Gasteiger partial charge in [-0.3, -0.25) is 9.55 Å². The van der Waals surface area contributed by atoms with Crippen LogP contribution in [0.4, 0.5) is 28.6 Å². The number of alkyl halides is 3. The molecule has 0 spiro atoms. The van der Waals surface area contributed by atoms with Crippen molar-refractivity contribution in [2.45, 2.75) is 44.6 Å². The number of hydrogen-bond donors (Lipinski definition) is 2. The summed E-state index contributed by atoms with van der Waals surface area (Å²) in [6.07, 6.45) is -1.98. The predicted octanol–water partition coefficient (Wildman–Crippen LogP) is 4.04. The van der Waals surface area contributed by atoms with Crippen LogP contribution in [-0.4, -0.2) is 101 Å². The molecular weight excluding hydrogens is 619 g/mol. The Morgan fingerprint density at radius 3 is 2.30 bits per heavy atom. The molecule has 0 radical (unpaired) electrons. The third-order valence-electron chi connectivity index (χ3n) is 8.08. The topological polar surface area (TPSA) is 156 Å². The number of urea groups is 1. The maximum Gasteiger partial charge on any atom is 0.433 e. The van der Waals surface area contributed by atoms with Crippen molar-refractivity contribution in [1.29, 1.82) is 0 Å². The van der Waals surface area contributed by atoms with E-state index in [9.17, 15) is 27.9 Å². The van der Waals surface area contributed by atoms with Gasteiger partial charge in [0.15, 0.2) is 11.5 Å². The van der Waals surface area contributed by atoms with E-state index in [1.807, 2.05) is 0 Å². The number of pyridine rings is 3. The summed E-state index contributed by atoms with van der Waals surface area (Å²) in [5.41, 5.74) is 4.10. The van der Waals surface area contributed by atoms with E-state index in [1.54, 1.807) is 59.7 Å². The fourth-order valence-electron chi connectivity index (χ4n) is 5.71. The van der Waals surface area contributed by atoms with Crippen molar-refractivity contribution in [2.75, 3.05) is 45.0 Å². The number of carbonyl (C=O) groups is 2. The number of nitrogens with two attached hydrogens (primary N) is 1. The maximum atomic E-state index is 13.6. The van der Waals surface area contributed by atoms with E-state index in [4.69, 9.17) is 10.5 Å². The van der Waals surface area contributed by atoms with Gasteiger partial charge in [0, 0.05) is 45.3 Å². The van der Waals surface area contributed by atoms with Crippen LogP contribution in [0.15, 0.2) is 48.8 Å². The van der Waals surface area contributed by atoms with Gasteiger partial charge in [-0.1, -0.05) is 0 Å². The van der Waals surface area contributed by atoms with Crippen LogP contribution in [0.2, 0.25) is 0 Å². The first-order valence-electron chi connectivity index (χ1n) is 15.0. The zero-order valence-corrected chi connectivity index (χ0v) is 26.0. The Labute approximate surface area is 267 Å². The second kappa shape index (κ2) is 11.7. The van der Waals surface area contributed by atoms with E-state index in [0.29, 0.717) is 43.1 Å². The van der Waals surface area contributed by atoms with E-state index in [2.05, 4.69) is 19.9 Å². The van der Waals surface area contributed by atoms with Gasteiger partial charge in [0.2, 0.25) is 0 Å². The lowest BCUT2D eigenvalue weighted by Crippen LogP contribution is -2.54. The zero-order valence-electron chi connectivity index (χ0n) is 26.0. The van der Waals surface area contributed by atoms with Crippen LogP contribution in [0.25, 0.3) is 28.2 Å². The molecule has 248 valence electrons. The highest BCUT2D eigenvalue weighted by molar-refractivity contribution is 5.83. The van der Waals surface area contributed by atoms with E-state index in [-0.39, 0.29) is 48.3 Å². The van der Waals surface area contributed by atoms with Gasteiger partial charge in [-0.2, -0.15) is 13.2 Å². The number of hydrogen-bond acceptors (Lipinski definition) is 9. The highest BCUT2D eigenvalue weighted by Crippen LogP contribution is 2.35. The van der Waals surface area contributed by atoms with Gasteiger partial charge >= 0.3 is 18.3 Å². The Morgan fingerprint density at radius 2 is 1.66 bits per heavy atom. The molecule has 4 aromatic rings. The minimum absolute atomic E-state index is 0.00751. The fourth-order valence-corrected chi connectivity index (χ4v) is 5.71.